The SMILES string of the molecule is C=C.CN=C(/C=C\CO)c1noc(C(C)CC(=O)NC2=C(C(=O)O)CCCC2)n1. The first-order chi connectivity index (χ1) is 14.0. The number of amides is 1. The van der Waals surface area contributed by atoms with E-state index in [1.54, 1.807) is 20.0 Å². The summed E-state index contributed by atoms with van der Waals surface area (Å²) in [6.45, 7) is 7.64. The number of aliphatic carboxylic acids is 1. The van der Waals surface area contributed by atoms with Crippen LogP contribution in [0.4, 0.5) is 0 Å². The number of carboxylic acids is 1. The number of aromatic nitrogens is 2. The van der Waals surface area contributed by atoms with Crippen LogP contribution in [0.2, 0.25) is 0 Å². The van der Waals surface area contributed by atoms with E-state index in [4.69, 9.17) is 9.63 Å². The Morgan fingerprint density at radius 3 is 2.66 bits per heavy atom. The number of hydrogen-bond acceptors (Lipinski definition) is 7. The lowest BCUT2D eigenvalue weighted by molar-refractivity contribution is -0.133. The molecule has 0 fully saturated rings. The Balaban J connectivity index is 0.00000204. The molecule has 2 rings (SSSR count). The molecule has 3 N–H and O–H groups in total. The van der Waals surface area contributed by atoms with Crippen LogP contribution in [0.5, 0.6) is 0 Å². The van der Waals surface area contributed by atoms with Crippen LogP contribution >= 0.6 is 0 Å². The van der Waals surface area contributed by atoms with E-state index in [-0.39, 0.29) is 42.1 Å². The number of aliphatic imine (C=N–C) groups is 1. The summed E-state index contributed by atoms with van der Waals surface area (Å²) < 4.78 is 5.21. The molecule has 0 spiro atoms. The standard InChI is InChI=1S/C18H24N4O5.C2H4/c1-11(17-21-16(22-27-17)14(19-2)8-5-9-23)10-15(24)20-13-7-4-3-6-12(13)18(25)26;1-2/h5,8,11,23H,3-4,6-7,9-10H2,1-2H3,(H,20,24)(H,25,26);1-2H2/b8-5-,19-14?;. The second-order valence-corrected chi connectivity index (χ2v) is 6.27. The Kier molecular flexibility index (Phi) is 10.2. The van der Waals surface area contributed by atoms with Gasteiger partial charge in [-0.1, -0.05) is 18.2 Å². The summed E-state index contributed by atoms with van der Waals surface area (Å²) in [5.41, 5.74) is 1.22. The molecular weight excluding hydrogens is 376 g/mol. The van der Waals surface area contributed by atoms with Crippen molar-refractivity contribution in [3.8, 4) is 0 Å². The molecule has 1 aliphatic rings. The van der Waals surface area contributed by atoms with Crippen molar-refractivity contribution in [2.24, 2.45) is 4.99 Å². The van der Waals surface area contributed by atoms with Crippen molar-refractivity contribution in [1.82, 2.24) is 15.5 Å². The second kappa shape index (κ2) is 12.4. The fourth-order valence-electron chi connectivity index (χ4n) is 2.82. The zero-order valence-electron chi connectivity index (χ0n) is 16.8. The van der Waals surface area contributed by atoms with Gasteiger partial charge in [0.1, 0.15) is 5.71 Å². The molecule has 1 aliphatic carbocycles. The number of nitrogens with one attached hydrogen (secondary N) is 1. The zero-order chi connectivity index (χ0) is 21.8. The molecule has 1 heterocycles. The molecule has 0 saturated carbocycles. The minimum atomic E-state index is -0.984. The first-order valence-electron chi connectivity index (χ1n) is 9.29. The van der Waals surface area contributed by atoms with Gasteiger partial charge in [0, 0.05) is 25.1 Å². The van der Waals surface area contributed by atoms with Gasteiger partial charge in [-0.15, -0.1) is 13.2 Å². The maximum atomic E-state index is 12.3. The number of aliphatic hydroxyl groups is 1. The number of allylic oxidation sites excluding steroid dienone is 2. The van der Waals surface area contributed by atoms with E-state index < -0.39 is 5.97 Å². The highest BCUT2D eigenvalue weighted by atomic mass is 16.5. The van der Waals surface area contributed by atoms with Gasteiger partial charge in [-0.2, -0.15) is 4.98 Å². The van der Waals surface area contributed by atoms with Gasteiger partial charge in [0.2, 0.25) is 17.6 Å². The normalized spacial score (nSPS) is 15.6. The predicted molar refractivity (Wildman–Crippen MR) is 109 cm³/mol. The van der Waals surface area contributed by atoms with E-state index in [0.29, 0.717) is 24.3 Å². The van der Waals surface area contributed by atoms with Gasteiger partial charge in [-0.25, -0.2) is 4.79 Å². The van der Waals surface area contributed by atoms with Crippen LogP contribution < -0.4 is 5.32 Å². The van der Waals surface area contributed by atoms with E-state index in [2.05, 4.69) is 33.6 Å². The smallest absolute Gasteiger partial charge is 0.333 e. The van der Waals surface area contributed by atoms with Crippen LogP contribution in [0.1, 0.15) is 56.7 Å². The highest BCUT2D eigenvalue weighted by Crippen LogP contribution is 2.24. The molecule has 9 nitrogen and oxygen atoms in total. The molecule has 1 amide bonds. The summed E-state index contributed by atoms with van der Waals surface area (Å²) in [7, 11) is 1.57. The molecule has 0 radical (unpaired) electrons. The lowest BCUT2D eigenvalue weighted by Crippen LogP contribution is -2.28. The van der Waals surface area contributed by atoms with Crippen LogP contribution in [0, 0.1) is 0 Å². The molecule has 1 aromatic rings. The molecule has 1 unspecified atom stereocenters. The van der Waals surface area contributed by atoms with Crippen molar-refractivity contribution in [3.63, 3.8) is 0 Å². The van der Waals surface area contributed by atoms with Crippen molar-refractivity contribution >= 4 is 17.6 Å². The molecule has 1 aromatic heterocycles. The van der Waals surface area contributed by atoms with Crippen LogP contribution in [-0.2, 0) is 9.59 Å². The molecule has 0 aliphatic heterocycles. The third-order valence-corrected chi connectivity index (χ3v) is 4.22. The maximum Gasteiger partial charge on any atom is 0.333 e. The van der Waals surface area contributed by atoms with Gasteiger partial charge < -0.3 is 20.1 Å². The lowest BCUT2D eigenvalue weighted by Gasteiger charge is -2.18. The van der Waals surface area contributed by atoms with Crippen molar-refractivity contribution in [2.45, 2.75) is 44.9 Å². The Hall–Kier alpha value is -3.07. The topological polar surface area (TPSA) is 138 Å². The first-order valence-corrected chi connectivity index (χ1v) is 9.29. The summed E-state index contributed by atoms with van der Waals surface area (Å²) in [5.74, 6) is -1.06. The summed E-state index contributed by atoms with van der Waals surface area (Å²) in [5, 5.41) is 24.7. The number of hydrogen-bond donors (Lipinski definition) is 3. The fraction of sp³-hybridized carbons (Fsp3) is 0.450. The monoisotopic (exact) mass is 404 g/mol. The largest absolute Gasteiger partial charge is 0.478 e. The summed E-state index contributed by atoms with van der Waals surface area (Å²) in [6, 6.07) is 0. The number of carbonyl (C=O) groups excluding carboxylic acids is 1. The Morgan fingerprint density at radius 1 is 1.34 bits per heavy atom. The minimum absolute atomic E-state index is 0.0864. The molecule has 0 saturated heterocycles. The number of rotatable bonds is 8. The lowest BCUT2D eigenvalue weighted by atomic mass is 9.96. The summed E-state index contributed by atoms with van der Waals surface area (Å²) in [4.78, 5) is 31.9. The van der Waals surface area contributed by atoms with Crippen molar-refractivity contribution in [2.75, 3.05) is 13.7 Å². The number of carboxylic acid groups (broad SMARTS) is 1. The fourth-order valence-corrected chi connectivity index (χ4v) is 2.82. The molecule has 1 atom stereocenters. The number of nitrogens with zero attached hydrogens (tertiary/aromatic N) is 3. The molecule has 9 heteroatoms. The Labute approximate surface area is 169 Å². The molecule has 158 valence electrons. The number of aliphatic hydroxyl groups excluding tert-OH is 1. The third kappa shape index (κ3) is 7.11. The van der Waals surface area contributed by atoms with Gasteiger partial charge in [-0.05, 0) is 31.8 Å². The van der Waals surface area contributed by atoms with E-state index in [0.717, 1.165) is 12.8 Å². The maximum absolute atomic E-state index is 12.3. The van der Waals surface area contributed by atoms with Gasteiger partial charge in [0.25, 0.3) is 0 Å². The Morgan fingerprint density at radius 2 is 2.03 bits per heavy atom. The van der Waals surface area contributed by atoms with Gasteiger partial charge in [0.05, 0.1) is 12.2 Å². The zero-order valence-corrected chi connectivity index (χ0v) is 16.8. The average Bonchev–Trinajstić information content (AvgIpc) is 3.20. The Bertz CT molecular complexity index is 795. The molecule has 0 aromatic carbocycles. The molecular formula is C20H28N4O5. The third-order valence-electron chi connectivity index (χ3n) is 4.22. The van der Waals surface area contributed by atoms with Crippen molar-refractivity contribution in [3.05, 3.63) is 48.3 Å². The molecule has 0 bridgehead atoms. The van der Waals surface area contributed by atoms with Crippen LogP contribution in [0.15, 0.2) is 46.1 Å². The van der Waals surface area contributed by atoms with E-state index in [1.165, 1.54) is 6.08 Å². The predicted octanol–water partition coefficient (Wildman–Crippen LogP) is 2.36. The van der Waals surface area contributed by atoms with E-state index in [9.17, 15) is 14.7 Å². The van der Waals surface area contributed by atoms with Crippen LogP contribution in [0.3, 0.4) is 0 Å². The van der Waals surface area contributed by atoms with Gasteiger partial charge in [0.15, 0.2) is 0 Å². The summed E-state index contributed by atoms with van der Waals surface area (Å²) in [6.07, 6.45) is 5.86. The van der Waals surface area contributed by atoms with Gasteiger partial charge in [-0.3, -0.25) is 9.79 Å². The number of carbonyl (C=O) groups is 2. The highest BCUT2D eigenvalue weighted by molar-refractivity contribution is 6.05. The summed E-state index contributed by atoms with van der Waals surface area (Å²) >= 11 is 0. The van der Waals surface area contributed by atoms with Gasteiger partial charge >= 0.3 is 5.97 Å². The van der Waals surface area contributed by atoms with Crippen LogP contribution in [-0.4, -0.2) is 51.6 Å². The van der Waals surface area contributed by atoms with Crippen molar-refractivity contribution in [1.29, 1.82) is 0 Å². The quantitative estimate of drug-likeness (QED) is 0.446. The van der Waals surface area contributed by atoms with Crippen LogP contribution in [0.25, 0.3) is 0 Å². The minimum Gasteiger partial charge on any atom is -0.478 e. The average molecular weight is 404 g/mol. The highest BCUT2D eigenvalue weighted by Gasteiger charge is 2.23. The van der Waals surface area contributed by atoms with Crippen molar-refractivity contribution < 1.29 is 24.3 Å². The first kappa shape index (κ1) is 24.0. The van der Waals surface area contributed by atoms with E-state index in [1.807, 2.05) is 0 Å². The molecule has 29 heavy (non-hydrogen) atoms. The van der Waals surface area contributed by atoms with E-state index >= 15 is 0 Å². The second-order valence-electron chi connectivity index (χ2n) is 6.27.